The first kappa shape index (κ1) is 20.6. The van der Waals surface area contributed by atoms with Crippen LogP contribution in [0.2, 0.25) is 0 Å². The van der Waals surface area contributed by atoms with Crippen LogP contribution in [0.25, 0.3) is 0 Å². The number of aryl methyl sites for hydroxylation is 2. The van der Waals surface area contributed by atoms with Crippen molar-refractivity contribution in [2.24, 2.45) is 0 Å². The first-order valence-electron chi connectivity index (χ1n) is 9.83. The highest BCUT2D eigenvalue weighted by atomic mass is 16.2. The number of nitrogens with zero attached hydrogens (tertiary/aromatic N) is 2. The number of amides is 3. The van der Waals surface area contributed by atoms with Gasteiger partial charge in [0.2, 0.25) is 11.8 Å². The maximum atomic E-state index is 12.8. The van der Waals surface area contributed by atoms with Gasteiger partial charge in [0.25, 0.3) is 5.91 Å². The molecule has 1 N–H and O–H groups in total. The first-order chi connectivity index (χ1) is 13.8. The van der Waals surface area contributed by atoms with Crippen LogP contribution < -0.4 is 5.32 Å². The van der Waals surface area contributed by atoms with Gasteiger partial charge in [0.1, 0.15) is 0 Å². The molecule has 1 aliphatic heterocycles. The zero-order valence-electron chi connectivity index (χ0n) is 17.2. The van der Waals surface area contributed by atoms with Crippen LogP contribution in [0.4, 0.5) is 5.69 Å². The lowest BCUT2D eigenvalue weighted by Gasteiger charge is -2.19. The minimum Gasteiger partial charge on any atom is -0.338 e. The van der Waals surface area contributed by atoms with Gasteiger partial charge in [0.05, 0.1) is 6.54 Å². The molecule has 0 bridgehead atoms. The Morgan fingerprint density at radius 3 is 2.66 bits per heavy atom. The lowest BCUT2D eigenvalue weighted by molar-refractivity contribution is -0.128. The molecule has 1 fully saturated rings. The van der Waals surface area contributed by atoms with Crippen LogP contribution in [-0.2, 0) is 16.1 Å². The van der Waals surface area contributed by atoms with Crippen LogP contribution in [-0.4, -0.2) is 47.7 Å². The number of nitrogens with one attached hydrogen (secondary N) is 1. The molecule has 0 unspecified atom stereocenters. The second-order valence-electron chi connectivity index (χ2n) is 7.65. The molecule has 0 atom stereocenters. The number of hydrogen-bond acceptors (Lipinski definition) is 3. The monoisotopic (exact) mass is 393 g/mol. The number of carbonyl (C=O) groups excluding carboxylic acids is 3. The number of benzene rings is 2. The van der Waals surface area contributed by atoms with Crippen LogP contribution in [0, 0.1) is 13.8 Å². The Kier molecular flexibility index (Phi) is 6.32. The van der Waals surface area contributed by atoms with Gasteiger partial charge in [-0.3, -0.25) is 14.4 Å². The highest BCUT2D eigenvalue weighted by Crippen LogP contribution is 2.17. The molecule has 1 saturated heterocycles. The third-order valence-corrected chi connectivity index (χ3v) is 5.11. The van der Waals surface area contributed by atoms with Gasteiger partial charge in [-0.1, -0.05) is 24.3 Å². The van der Waals surface area contributed by atoms with Crippen LogP contribution in [0.15, 0.2) is 42.5 Å². The summed E-state index contributed by atoms with van der Waals surface area (Å²) in [5.41, 5.74) is 4.22. The molecule has 0 aliphatic carbocycles. The molecule has 0 radical (unpaired) electrons. The fourth-order valence-electron chi connectivity index (χ4n) is 3.46. The molecule has 6 nitrogen and oxygen atoms in total. The number of likely N-dealkylation sites (tertiary alicyclic amines) is 1. The molecule has 0 spiro atoms. The van der Waals surface area contributed by atoms with Gasteiger partial charge in [0.15, 0.2) is 0 Å². The third kappa shape index (κ3) is 5.22. The van der Waals surface area contributed by atoms with Crippen molar-refractivity contribution >= 4 is 23.4 Å². The Morgan fingerprint density at radius 1 is 1.14 bits per heavy atom. The Labute approximate surface area is 171 Å². The molecule has 1 heterocycles. The molecule has 3 amide bonds. The second kappa shape index (κ2) is 8.90. The summed E-state index contributed by atoms with van der Waals surface area (Å²) < 4.78 is 0. The Bertz CT molecular complexity index is 939. The summed E-state index contributed by atoms with van der Waals surface area (Å²) in [4.78, 5) is 40.2. The van der Waals surface area contributed by atoms with Crippen LogP contribution in [0.5, 0.6) is 0 Å². The lowest BCUT2D eigenvalue weighted by atomic mass is 10.1. The largest absolute Gasteiger partial charge is 0.338 e. The van der Waals surface area contributed by atoms with E-state index in [1.54, 1.807) is 19.2 Å². The van der Waals surface area contributed by atoms with Gasteiger partial charge < -0.3 is 15.1 Å². The summed E-state index contributed by atoms with van der Waals surface area (Å²) in [5.74, 6) is -0.314. The quantitative estimate of drug-likeness (QED) is 0.820. The fraction of sp³-hybridized carbons (Fsp3) is 0.348. The summed E-state index contributed by atoms with van der Waals surface area (Å²) in [6.07, 6.45) is 1.48. The van der Waals surface area contributed by atoms with Gasteiger partial charge in [-0.05, 0) is 55.2 Å². The van der Waals surface area contributed by atoms with Crippen molar-refractivity contribution in [2.75, 3.05) is 25.5 Å². The number of likely N-dealkylation sites (N-methyl/N-ethyl adjacent to an activating group) is 1. The highest BCUT2D eigenvalue weighted by Gasteiger charge is 2.21. The van der Waals surface area contributed by atoms with Crippen molar-refractivity contribution in [3.8, 4) is 0 Å². The molecule has 0 saturated carbocycles. The van der Waals surface area contributed by atoms with Gasteiger partial charge in [-0.25, -0.2) is 0 Å². The van der Waals surface area contributed by atoms with E-state index in [1.807, 2.05) is 49.1 Å². The minimum atomic E-state index is -0.242. The van der Waals surface area contributed by atoms with E-state index in [4.69, 9.17) is 0 Å². The number of hydrogen-bond donors (Lipinski definition) is 1. The van der Waals surface area contributed by atoms with E-state index in [0.29, 0.717) is 18.5 Å². The van der Waals surface area contributed by atoms with Gasteiger partial charge in [0, 0.05) is 37.8 Å². The summed E-state index contributed by atoms with van der Waals surface area (Å²) in [5, 5.41) is 2.88. The number of rotatable bonds is 6. The SMILES string of the molecule is Cc1ccc(C)c(NC(=O)CN(C)C(=O)c2cccc(CN3CCCC3=O)c2)c1. The molecular weight excluding hydrogens is 366 g/mol. The van der Waals surface area contributed by atoms with E-state index in [9.17, 15) is 14.4 Å². The molecule has 2 aromatic rings. The molecule has 29 heavy (non-hydrogen) atoms. The fourth-order valence-corrected chi connectivity index (χ4v) is 3.46. The van der Waals surface area contributed by atoms with Crippen LogP contribution in [0.1, 0.15) is 39.9 Å². The first-order valence-corrected chi connectivity index (χ1v) is 9.83. The van der Waals surface area contributed by atoms with Crippen molar-refractivity contribution < 1.29 is 14.4 Å². The summed E-state index contributed by atoms with van der Waals surface area (Å²) in [6, 6.07) is 13.1. The zero-order valence-corrected chi connectivity index (χ0v) is 17.2. The molecule has 0 aromatic heterocycles. The average molecular weight is 393 g/mol. The molecule has 3 rings (SSSR count). The predicted octanol–water partition coefficient (Wildman–Crippen LogP) is 3.14. The topological polar surface area (TPSA) is 69.7 Å². The third-order valence-electron chi connectivity index (χ3n) is 5.11. The molecule has 2 aromatic carbocycles. The molecule has 6 heteroatoms. The lowest BCUT2D eigenvalue weighted by Crippen LogP contribution is -2.35. The Hall–Kier alpha value is -3.15. The van der Waals surface area contributed by atoms with Gasteiger partial charge in [-0.2, -0.15) is 0 Å². The number of anilines is 1. The van der Waals surface area contributed by atoms with E-state index in [1.165, 1.54) is 4.90 Å². The second-order valence-corrected chi connectivity index (χ2v) is 7.65. The predicted molar refractivity (Wildman–Crippen MR) is 113 cm³/mol. The van der Waals surface area contributed by atoms with E-state index in [0.717, 1.165) is 35.3 Å². The van der Waals surface area contributed by atoms with Crippen LogP contribution >= 0.6 is 0 Å². The van der Waals surface area contributed by atoms with Crippen LogP contribution in [0.3, 0.4) is 0 Å². The Balaban J connectivity index is 1.62. The van der Waals surface area contributed by atoms with Gasteiger partial charge in [-0.15, -0.1) is 0 Å². The number of carbonyl (C=O) groups is 3. The Morgan fingerprint density at radius 2 is 1.93 bits per heavy atom. The van der Waals surface area contributed by atoms with E-state index in [2.05, 4.69) is 5.32 Å². The average Bonchev–Trinajstić information content (AvgIpc) is 3.08. The van der Waals surface area contributed by atoms with Crippen molar-refractivity contribution in [3.63, 3.8) is 0 Å². The standard InChI is InChI=1S/C23H27N3O3/c1-16-9-10-17(2)20(12-16)24-21(27)15-25(3)23(29)19-7-4-6-18(13-19)14-26-11-5-8-22(26)28/h4,6-7,9-10,12-13H,5,8,11,14-15H2,1-3H3,(H,24,27). The normalized spacial score (nSPS) is 13.5. The van der Waals surface area contributed by atoms with E-state index < -0.39 is 0 Å². The summed E-state index contributed by atoms with van der Waals surface area (Å²) in [7, 11) is 1.61. The molecular formula is C23H27N3O3. The molecule has 1 aliphatic rings. The van der Waals surface area contributed by atoms with E-state index in [-0.39, 0.29) is 24.3 Å². The van der Waals surface area contributed by atoms with Crippen molar-refractivity contribution in [1.82, 2.24) is 9.80 Å². The van der Waals surface area contributed by atoms with Crippen molar-refractivity contribution in [1.29, 1.82) is 0 Å². The van der Waals surface area contributed by atoms with Crippen molar-refractivity contribution in [2.45, 2.75) is 33.2 Å². The smallest absolute Gasteiger partial charge is 0.254 e. The highest BCUT2D eigenvalue weighted by molar-refractivity contribution is 5.99. The van der Waals surface area contributed by atoms with Crippen molar-refractivity contribution in [3.05, 3.63) is 64.7 Å². The van der Waals surface area contributed by atoms with Gasteiger partial charge >= 0.3 is 0 Å². The molecule has 152 valence electrons. The zero-order chi connectivity index (χ0) is 21.0. The minimum absolute atomic E-state index is 0.0406. The summed E-state index contributed by atoms with van der Waals surface area (Å²) in [6.45, 7) is 5.13. The maximum absolute atomic E-state index is 12.8. The van der Waals surface area contributed by atoms with E-state index >= 15 is 0 Å². The maximum Gasteiger partial charge on any atom is 0.254 e. The summed E-state index contributed by atoms with van der Waals surface area (Å²) >= 11 is 0.